The highest BCUT2D eigenvalue weighted by Gasteiger charge is 2.51. The molecule has 2 N–H and O–H groups in total. The number of carboxylic acid groups (broad SMARTS) is 1. The lowest BCUT2D eigenvalue weighted by Crippen LogP contribution is -2.57. The molecule has 9 heteroatoms. The Labute approximate surface area is 183 Å². The number of hydrogen-bond donors (Lipinski definition) is 2. The molecule has 0 saturated heterocycles. The number of benzene rings is 2. The number of alkyl halides is 3. The predicted octanol–water partition coefficient (Wildman–Crippen LogP) is 4.72. The Kier molecular flexibility index (Phi) is 6.50. The Bertz CT molecular complexity index is 954. The minimum absolute atomic E-state index is 0.164. The van der Waals surface area contributed by atoms with Gasteiger partial charge in [-0.2, -0.15) is 13.2 Å². The van der Waals surface area contributed by atoms with Gasteiger partial charge in [-0.05, 0) is 43.0 Å². The molecule has 6 nitrogen and oxygen atoms in total. The summed E-state index contributed by atoms with van der Waals surface area (Å²) in [7, 11) is 0. The van der Waals surface area contributed by atoms with Crippen molar-refractivity contribution in [3.05, 3.63) is 59.7 Å². The van der Waals surface area contributed by atoms with Crippen LogP contribution in [0.5, 0.6) is 0 Å². The summed E-state index contributed by atoms with van der Waals surface area (Å²) < 4.78 is 50.6. The first-order valence-electron chi connectivity index (χ1n) is 9.97. The van der Waals surface area contributed by atoms with E-state index in [2.05, 4.69) is 0 Å². The highest BCUT2D eigenvalue weighted by Crippen LogP contribution is 2.44. The molecule has 1 aliphatic carbocycles. The number of rotatable bonds is 6. The molecule has 0 heterocycles. The van der Waals surface area contributed by atoms with Crippen LogP contribution in [0.2, 0.25) is 0 Å². The normalized spacial score (nSPS) is 15.4. The average molecular weight is 451 g/mol. The maximum Gasteiger partial charge on any atom is 0.417 e. The van der Waals surface area contributed by atoms with Gasteiger partial charge in [0.1, 0.15) is 6.61 Å². The van der Waals surface area contributed by atoms with E-state index in [9.17, 15) is 27.9 Å². The molecule has 0 aliphatic heterocycles. The van der Waals surface area contributed by atoms with Gasteiger partial charge in [0.15, 0.2) is 12.1 Å². The van der Waals surface area contributed by atoms with Crippen LogP contribution in [0, 0.1) is 0 Å². The number of alkyl carbamates (subject to hydrolysis) is 1. The lowest BCUT2D eigenvalue weighted by atomic mass is 9.98. The molecule has 3 rings (SSSR count). The van der Waals surface area contributed by atoms with E-state index < -0.39 is 36.0 Å². The predicted molar refractivity (Wildman–Crippen MR) is 110 cm³/mol. The fourth-order valence-corrected chi connectivity index (χ4v) is 3.74. The summed E-state index contributed by atoms with van der Waals surface area (Å²) in [5, 5.41) is 11.2. The molecule has 172 valence electrons. The van der Waals surface area contributed by atoms with E-state index in [1.807, 2.05) is 53.8 Å². The summed E-state index contributed by atoms with van der Waals surface area (Å²) in [5.41, 5.74) is 2.50. The number of ether oxygens (including phenoxy) is 2. The summed E-state index contributed by atoms with van der Waals surface area (Å²) in [6, 6.07) is 12.7. The van der Waals surface area contributed by atoms with Crippen LogP contribution in [0.4, 0.5) is 18.0 Å². The first-order valence-corrected chi connectivity index (χ1v) is 9.97. The molecule has 1 amide bonds. The summed E-state index contributed by atoms with van der Waals surface area (Å²) in [6.45, 7) is 3.91. The van der Waals surface area contributed by atoms with E-state index in [1.165, 1.54) is 20.8 Å². The number of fused-ring (bicyclic) bond motifs is 3. The Morgan fingerprint density at radius 1 is 1.00 bits per heavy atom. The zero-order valence-corrected chi connectivity index (χ0v) is 17.8. The number of carboxylic acids is 1. The first-order chi connectivity index (χ1) is 14.9. The van der Waals surface area contributed by atoms with Crippen LogP contribution in [0.15, 0.2) is 48.5 Å². The van der Waals surface area contributed by atoms with Crippen LogP contribution in [-0.2, 0) is 14.3 Å². The first kappa shape index (κ1) is 23.6. The molecule has 1 aliphatic rings. The van der Waals surface area contributed by atoms with Crippen molar-refractivity contribution in [3.8, 4) is 11.1 Å². The fourth-order valence-electron chi connectivity index (χ4n) is 3.74. The number of halogens is 3. The smallest absolute Gasteiger partial charge is 0.417 e. The van der Waals surface area contributed by atoms with Gasteiger partial charge in [-0.15, -0.1) is 0 Å². The Morgan fingerprint density at radius 3 is 1.94 bits per heavy atom. The number of hydrogen-bond acceptors (Lipinski definition) is 4. The largest absolute Gasteiger partial charge is 0.480 e. The van der Waals surface area contributed by atoms with E-state index in [0.29, 0.717) is 0 Å². The highest BCUT2D eigenvalue weighted by molar-refractivity contribution is 5.81. The van der Waals surface area contributed by atoms with Gasteiger partial charge in [-0.1, -0.05) is 48.5 Å². The lowest BCUT2D eigenvalue weighted by Gasteiger charge is -2.32. The van der Waals surface area contributed by atoms with Crippen LogP contribution < -0.4 is 5.32 Å². The van der Waals surface area contributed by atoms with Crippen molar-refractivity contribution in [1.82, 2.24) is 5.32 Å². The van der Waals surface area contributed by atoms with Gasteiger partial charge in [-0.25, -0.2) is 9.59 Å². The molecule has 0 unspecified atom stereocenters. The molecule has 2 aromatic carbocycles. The fraction of sp³-hybridized carbons (Fsp3) is 0.391. The van der Waals surface area contributed by atoms with Crippen LogP contribution in [-0.4, -0.2) is 47.7 Å². The van der Waals surface area contributed by atoms with Crippen molar-refractivity contribution in [2.75, 3.05) is 6.61 Å². The summed E-state index contributed by atoms with van der Waals surface area (Å²) in [4.78, 5) is 23.9. The minimum Gasteiger partial charge on any atom is -0.480 e. The molecular formula is C23H24F3NO5. The van der Waals surface area contributed by atoms with Crippen molar-refractivity contribution >= 4 is 12.1 Å². The van der Waals surface area contributed by atoms with E-state index in [4.69, 9.17) is 9.47 Å². The van der Waals surface area contributed by atoms with E-state index in [-0.39, 0.29) is 12.5 Å². The van der Waals surface area contributed by atoms with Gasteiger partial charge < -0.3 is 19.9 Å². The number of aliphatic carboxylic acids is 1. The Hall–Kier alpha value is -3.07. The maximum absolute atomic E-state index is 13.5. The van der Waals surface area contributed by atoms with E-state index >= 15 is 0 Å². The van der Waals surface area contributed by atoms with Crippen molar-refractivity contribution in [3.63, 3.8) is 0 Å². The van der Waals surface area contributed by atoms with E-state index in [0.717, 1.165) is 22.3 Å². The topological polar surface area (TPSA) is 84.9 Å². The molecule has 32 heavy (non-hydrogen) atoms. The second-order valence-electron chi connectivity index (χ2n) is 8.48. The van der Waals surface area contributed by atoms with Crippen molar-refractivity contribution in [2.45, 2.75) is 50.6 Å². The molecule has 0 spiro atoms. The molecule has 2 aromatic rings. The molecule has 0 saturated carbocycles. The third-order valence-electron chi connectivity index (χ3n) is 4.99. The standard InChI is InChI=1S/C23H24F3NO5/c1-22(2,3)32-19(23(24,25)26)18(20(28)29)27-21(30)31-12-17-15-10-6-4-8-13(15)14-9-5-7-11-16(14)17/h4-11,17-19H,12H2,1-3H3,(H,27,30)(H,28,29)/t18-,19+/m0/s1. The monoisotopic (exact) mass is 451 g/mol. The molecule has 2 atom stereocenters. The molecule has 0 radical (unpaired) electrons. The van der Waals surface area contributed by atoms with Gasteiger partial charge in [-0.3, -0.25) is 0 Å². The second kappa shape index (κ2) is 8.82. The summed E-state index contributed by atoms with van der Waals surface area (Å²) in [6.07, 6.45) is -9.04. The van der Waals surface area contributed by atoms with Crippen molar-refractivity contribution in [1.29, 1.82) is 0 Å². The summed E-state index contributed by atoms with van der Waals surface area (Å²) in [5.74, 6) is -2.20. The Morgan fingerprint density at radius 2 is 1.50 bits per heavy atom. The third-order valence-corrected chi connectivity index (χ3v) is 4.99. The van der Waals surface area contributed by atoms with Crippen molar-refractivity contribution < 1.29 is 37.3 Å². The molecular weight excluding hydrogens is 427 g/mol. The average Bonchev–Trinajstić information content (AvgIpc) is 3.01. The number of carbonyl (C=O) groups is 2. The van der Waals surface area contributed by atoms with Gasteiger partial charge in [0.2, 0.25) is 0 Å². The van der Waals surface area contributed by atoms with Crippen molar-refractivity contribution in [2.24, 2.45) is 0 Å². The SMILES string of the molecule is CC(C)(C)O[C@H]([C@H](NC(=O)OCC1c2ccccc2-c2ccccc21)C(=O)O)C(F)(F)F. The van der Waals surface area contributed by atoms with Gasteiger partial charge >= 0.3 is 18.2 Å². The Balaban J connectivity index is 1.75. The number of carbonyl (C=O) groups excluding carboxylic acids is 1. The minimum atomic E-state index is -5.02. The van der Waals surface area contributed by atoms with Crippen LogP contribution in [0.25, 0.3) is 11.1 Å². The highest BCUT2D eigenvalue weighted by atomic mass is 19.4. The summed E-state index contributed by atoms with van der Waals surface area (Å²) >= 11 is 0. The van der Waals surface area contributed by atoms with Gasteiger partial charge in [0.05, 0.1) is 5.60 Å². The quantitative estimate of drug-likeness (QED) is 0.664. The molecule has 0 fully saturated rings. The van der Waals surface area contributed by atoms with Gasteiger partial charge in [0.25, 0.3) is 0 Å². The molecule has 0 aromatic heterocycles. The van der Waals surface area contributed by atoms with Gasteiger partial charge in [0, 0.05) is 5.92 Å². The second-order valence-corrected chi connectivity index (χ2v) is 8.48. The molecule has 0 bridgehead atoms. The zero-order chi connectivity index (χ0) is 23.7. The zero-order valence-electron chi connectivity index (χ0n) is 17.8. The van der Waals surface area contributed by atoms with Crippen LogP contribution in [0.1, 0.15) is 37.8 Å². The van der Waals surface area contributed by atoms with Crippen LogP contribution >= 0.6 is 0 Å². The number of amides is 1. The van der Waals surface area contributed by atoms with E-state index in [1.54, 1.807) is 0 Å². The lowest BCUT2D eigenvalue weighted by molar-refractivity contribution is -0.253. The number of nitrogens with one attached hydrogen (secondary N) is 1. The third kappa shape index (κ3) is 5.21. The maximum atomic E-state index is 13.5. The van der Waals surface area contributed by atoms with Crippen LogP contribution in [0.3, 0.4) is 0 Å².